The molecule has 0 radical (unpaired) electrons. The lowest BCUT2D eigenvalue weighted by atomic mass is 9.98. The Morgan fingerprint density at radius 1 is 0.303 bits per heavy atom. The van der Waals surface area contributed by atoms with E-state index in [0.29, 0.717) is 17.5 Å². The summed E-state index contributed by atoms with van der Waals surface area (Å²) in [6.07, 6.45) is 0. The van der Waals surface area contributed by atoms with Crippen LogP contribution in [0.1, 0.15) is 0 Å². The molecule has 13 rings (SSSR count). The van der Waals surface area contributed by atoms with E-state index in [0.717, 1.165) is 61.2 Å². The first-order chi connectivity index (χ1) is 32.7. The number of aromatic nitrogens is 4. The molecular weight excluding hydrogens is 821 g/mol. The second kappa shape index (κ2) is 15.6. The Morgan fingerprint density at radius 3 is 1.47 bits per heavy atom. The number of rotatable bonds is 7. The van der Waals surface area contributed by atoms with E-state index >= 15 is 0 Å². The van der Waals surface area contributed by atoms with Crippen LogP contribution in [0.2, 0.25) is 0 Å². The van der Waals surface area contributed by atoms with Crippen LogP contribution in [0.25, 0.3) is 126 Å². The highest BCUT2D eigenvalue weighted by atomic mass is 32.1. The maximum absolute atomic E-state index is 5.30. The number of benzene rings is 10. The lowest BCUT2D eigenvalue weighted by molar-refractivity contribution is 1.07. The summed E-state index contributed by atoms with van der Waals surface area (Å²) in [6, 6.07) is 82.3. The summed E-state index contributed by atoms with van der Waals surface area (Å²) >= 11 is 1.85. The van der Waals surface area contributed by atoms with E-state index in [-0.39, 0.29) is 0 Å². The number of fused-ring (bicyclic) bond motifs is 7. The van der Waals surface area contributed by atoms with E-state index in [9.17, 15) is 0 Å². The van der Waals surface area contributed by atoms with Crippen molar-refractivity contribution in [3.05, 3.63) is 231 Å². The first-order valence-corrected chi connectivity index (χ1v) is 23.1. The van der Waals surface area contributed by atoms with Gasteiger partial charge in [-0.3, -0.25) is 0 Å². The van der Waals surface area contributed by atoms with E-state index in [4.69, 9.17) is 15.0 Å². The summed E-state index contributed by atoms with van der Waals surface area (Å²) in [5.74, 6) is 1.85. The van der Waals surface area contributed by atoms with Gasteiger partial charge < -0.3 is 4.57 Å². The summed E-state index contributed by atoms with van der Waals surface area (Å²) in [7, 11) is 0. The Hall–Kier alpha value is -8.51. The zero-order valence-corrected chi connectivity index (χ0v) is 36.5. The average Bonchev–Trinajstić information content (AvgIpc) is 3.94. The fraction of sp³-hybridized carbons (Fsp3) is 0. The maximum atomic E-state index is 5.30. The molecule has 0 saturated heterocycles. The third-order valence-corrected chi connectivity index (χ3v) is 14.1. The first-order valence-electron chi connectivity index (χ1n) is 22.3. The minimum Gasteiger partial charge on any atom is -0.309 e. The van der Waals surface area contributed by atoms with Crippen molar-refractivity contribution in [2.45, 2.75) is 0 Å². The molecule has 3 heterocycles. The van der Waals surface area contributed by atoms with Crippen LogP contribution in [-0.4, -0.2) is 19.5 Å². The van der Waals surface area contributed by atoms with Gasteiger partial charge in [0.25, 0.3) is 0 Å². The summed E-state index contributed by atoms with van der Waals surface area (Å²) in [5.41, 5.74) is 13.0. The number of hydrogen-bond donors (Lipinski definition) is 0. The van der Waals surface area contributed by atoms with Crippen molar-refractivity contribution in [2.24, 2.45) is 0 Å². The number of thiophene rings is 1. The van der Waals surface area contributed by atoms with Gasteiger partial charge in [-0.15, -0.1) is 11.3 Å². The van der Waals surface area contributed by atoms with Crippen LogP contribution in [0.4, 0.5) is 0 Å². The molecule has 0 spiro atoms. The summed E-state index contributed by atoms with van der Waals surface area (Å²) < 4.78 is 4.97. The minimum atomic E-state index is 0.610. The molecule has 10 aromatic carbocycles. The molecule has 0 aliphatic carbocycles. The van der Waals surface area contributed by atoms with Crippen molar-refractivity contribution in [1.29, 1.82) is 0 Å². The van der Waals surface area contributed by atoms with E-state index in [1.54, 1.807) is 0 Å². The van der Waals surface area contributed by atoms with Gasteiger partial charge in [0, 0.05) is 58.8 Å². The molecule has 0 N–H and O–H groups in total. The highest BCUT2D eigenvalue weighted by Crippen LogP contribution is 2.45. The molecule has 0 unspecified atom stereocenters. The fourth-order valence-corrected chi connectivity index (χ4v) is 10.8. The minimum absolute atomic E-state index is 0.610. The summed E-state index contributed by atoms with van der Waals surface area (Å²) in [4.78, 5) is 15.8. The number of para-hydroxylation sites is 1. The molecule has 3 aromatic heterocycles. The van der Waals surface area contributed by atoms with Crippen molar-refractivity contribution in [3.8, 4) is 73.2 Å². The van der Waals surface area contributed by atoms with Crippen molar-refractivity contribution >= 4 is 64.1 Å². The number of hydrogen-bond acceptors (Lipinski definition) is 4. The quantitative estimate of drug-likeness (QED) is 0.160. The molecule has 0 amide bonds. The molecule has 0 bridgehead atoms. The maximum Gasteiger partial charge on any atom is 0.164 e. The Bertz CT molecular complexity index is 3860. The fourth-order valence-electron chi connectivity index (χ4n) is 9.61. The molecule has 5 heteroatoms. The summed E-state index contributed by atoms with van der Waals surface area (Å²) in [6.45, 7) is 0. The van der Waals surface area contributed by atoms with Crippen molar-refractivity contribution < 1.29 is 0 Å². The SMILES string of the molecule is c1ccc(-c2ccc(-c3nc(-c4ccc(-c5ccccc5)cc4)nc(-c4ccc(-n5c6ccccc6c6cc7ccccc7cc65)c(-c5cccc6c5sc5ccccc56)c4)n3)cc2)cc1. The van der Waals surface area contributed by atoms with E-state index < -0.39 is 0 Å². The predicted molar refractivity (Wildman–Crippen MR) is 277 cm³/mol. The van der Waals surface area contributed by atoms with Gasteiger partial charge >= 0.3 is 0 Å². The zero-order chi connectivity index (χ0) is 43.6. The van der Waals surface area contributed by atoms with E-state index in [2.05, 4.69) is 223 Å². The summed E-state index contributed by atoms with van der Waals surface area (Å²) in [5, 5.41) is 7.39. The lowest BCUT2D eigenvalue weighted by Crippen LogP contribution is -2.02. The van der Waals surface area contributed by atoms with Crippen LogP contribution in [-0.2, 0) is 0 Å². The van der Waals surface area contributed by atoms with Crippen LogP contribution < -0.4 is 0 Å². The molecule has 0 saturated carbocycles. The topological polar surface area (TPSA) is 43.6 Å². The van der Waals surface area contributed by atoms with Gasteiger partial charge in [-0.2, -0.15) is 0 Å². The van der Waals surface area contributed by atoms with Crippen LogP contribution >= 0.6 is 11.3 Å². The van der Waals surface area contributed by atoms with Crippen LogP contribution in [0, 0.1) is 0 Å². The second-order valence-electron chi connectivity index (χ2n) is 16.8. The van der Waals surface area contributed by atoms with Gasteiger partial charge in [-0.25, -0.2) is 15.0 Å². The third kappa shape index (κ3) is 6.48. The van der Waals surface area contributed by atoms with Crippen LogP contribution in [0.5, 0.6) is 0 Å². The zero-order valence-electron chi connectivity index (χ0n) is 35.6. The van der Waals surface area contributed by atoms with Gasteiger partial charge in [-0.05, 0) is 75.5 Å². The first kappa shape index (κ1) is 38.0. The molecule has 0 aliphatic heterocycles. The van der Waals surface area contributed by atoms with Gasteiger partial charge in [0.05, 0.1) is 16.7 Å². The molecule has 0 atom stereocenters. The molecule has 0 aliphatic rings. The van der Waals surface area contributed by atoms with Gasteiger partial charge in [0.15, 0.2) is 17.5 Å². The van der Waals surface area contributed by atoms with Gasteiger partial charge in [-0.1, -0.05) is 188 Å². The standard InChI is InChI=1S/C61H38N4S/c1-3-14-39(15-4-1)41-26-30-43(31-27-41)59-62-60(44-32-28-42(29-33-44)40-16-5-2-6-17-40)64-61(63-59)47-34-35-55(53(37-47)51-23-13-22-50-49-21-10-12-25-57(49)66-58(50)51)65-54-24-11-9-20-48(54)52-36-45-18-7-8-19-46(45)38-56(52)65/h1-38H. The largest absolute Gasteiger partial charge is 0.309 e. The van der Waals surface area contributed by atoms with Gasteiger partial charge in [0.1, 0.15) is 0 Å². The predicted octanol–water partition coefficient (Wildman–Crippen LogP) is 16.5. The molecule has 4 nitrogen and oxygen atoms in total. The highest BCUT2D eigenvalue weighted by Gasteiger charge is 2.21. The average molecular weight is 859 g/mol. The van der Waals surface area contributed by atoms with E-state index in [1.807, 2.05) is 23.5 Å². The molecule has 66 heavy (non-hydrogen) atoms. The highest BCUT2D eigenvalue weighted by molar-refractivity contribution is 7.26. The lowest BCUT2D eigenvalue weighted by Gasteiger charge is -2.17. The Balaban J connectivity index is 1.05. The Morgan fingerprint density at radius 2 is 0.803 bits per heavy atom. The van der Waals surface area contributed by atoms with Crippen molar-refractivity contribution in [1.82, 2.24) is 19.5 Å². The molecule has 308 valence electrons. The second-order valence-corrected chi connectivity index (χ2v) is 17.8. The normalized spacial score (nSPS) is 11.6. The van der Waals surface area contributed by atoms with E-state index in [1.165, 1.54) is 47.3 Å². The monoisotopic (exact) mass is 858 g/mol. The molecule has 13 aromatic rings. The number of nitrogens with zero attached hydrogens (tertiary/aromatic N) is 4. The Labute approximate surface area is 385 Å². The smallest absolute Gasteiger partial charge is 0.164 e. The van der Waals surface area contributed by atoms with Crippen molar-refractivity contribution in [3.63, 3.8) is 0 Å². The molecular formula is C61H38N4S. The van der Waals surface area contributed by atoms with Gasteiger partial charge in [0.2, 0.25) is 0 Å². The Kier molecular flexibility index (Phi) is 9.00. The van der Waals surface area contributed by atoms with Crippen LogP contribution in [0.15, 0.2) is 231 Å². The third-order valence-electron chi connectivity index (χ3n) is 12.9. The molecule has 0 fully saturated rings. The van der Waals surface area contributed by atoms with Crippen molar-refractivity contribution in [2.75, 3.05) is 0 Å². The van der Waals surface area contributed by atoms with Crippen LogP contribution in [0.3, 0.4) is 0 Å².